The first-order chi connectivity index (χ1) is 8.83. The minimum absolute atomic E-state index is 0.628. The fourth-order valence-corrected chi connectivity index (χ4v) is 2.82. The number of aryl methyl sites for hydroxylation is 1. The first kappa shape index (κ1) is 14.7. The van der Waals surface area contributed by atoms with Gasteiger partial charge in [-0.15, -0.1) is 0 Å². The zero-order valence-electron chi connectivity index (χ0n) is 11.7. The summed E-state index contributed by atoms with van der Waals surface area (Å²) in [4.78, 5) is 13.3. The Morgan fingerprint density at radius 2 is 1.89 bits per heavy atom. The van der Waals surface area contributed by atoms with Crippen molar-refractivity contribution in [1.82, 2.24) is 14.9 Å². The van der Waals surface area contributed by atoms with Crippen LogP contribution in [0, 0.1) is 6.92 Å². The van der Waals surface area contributed by atoms with E-state index in [2.05, 4.69) is 35.7 Å². The molecule has 19 heavy (non-hydrogen) atoms. The van der Waals surface area contributed by atoms with Gasteiger partial charge in [-0.3, -0.25) is 4.90 Å². The van der Waals surface area contributed by atoms with Gasteiger partial charge < -0.3 is 10.0 Å². The highest BCUT2D eigenvalue weighted by Gasteiger charge is 2.23. The summed E-state index contributed by atoms with van der Waals surface area (Å²) < 4.78 is 0.828. The van der Waals surface area contributed by atoms with E-state index in [9.17, 15) is 5.11 Å². The van der Waals surface area contributed by atoms with Crippen LogP contribution in [-0.4, -0.2) is 58.3 Å². The summed E-state index contributed by atoms with van der Waals surface area (Å²) in [6, 6.07) is 1.96. The van der Waals surface area contributed by atoms with E-state index in [-0.39, 0.29) is 0 Å². The number of β-amino-alcohol motifs (C(OH)–C–C–N with tert-alkyl or cyclic N) is 1. The highest BCUT2D eigenvalue weighted by atomic mass is 79.9. The predicted molar refractivity (Wildman–Crippen MR) is 79.4 cm³/mol. The topological polar surface area (TPSA) is 52.5 Å². The van der Waals surface area contributed by atoms with E-state index < -0.39 is 5.60 Å². The first-order valence-corrected chi connectivity index (χ1v) is 7.34. The summed E-state index contributed by atoms with van der Waals surface area (Å²) in [5.74, 6) is 1.76. The molecule has 1 fully saturated rings. The van der Waals surface area contributed by atoms with Crippen molar-refractivity contribution in [2.24, 2.45) is 0 Å². The molecular weight excluding hydrogens is 308 g/mol. The van der Waals surface area contributed by atoms with Crippen LogP contribution in [0.25, 0.3) is 0 Å². The number of hydrogen-bond donors (Lipinski definition) is 1. The van der Waals surface area contributed by atoms with Gasteiger partial charge in [-0.05, 0) is 36.7 Å². The van der Waals surface area contributed by atoms with Gasteiger partial charge in [0.25, 0.3) is 0 Å². The van der Waals surface area contributed by atoms with E-state index in [4.69, 9.17) is 0 Å². The molecular formula is C13H21BrN4O. The highest BCUT2D eigenvalue weighted by molar-refractivity contribution is 9.10. The van der Waals surface area contributed by atoms with Gasteiger partial charge in [-0.2, -0.15) is 0 Å². The normalized spacial score (nSPS) is 17.8. The van der Waals surface area contributed by atoms with Crippen LogP contribution in [0.5, 0.6) is 0 Å². The molecule has 1 aromatic rings. The van der Waals surface area contributed by atoms with Gasteiger partial charge in [0.2, 0.25) is 0 Å². The van der Waals surface area contributed by atoms with Gasteiger partial charge in [0.05, 0.1) is 5.60 Å². The molecule has 1 aliphatic rings. The molecule has 1 N–H and O–H groups in total. The Morgan fingerprint density at radius 1 is 1.26 bits per heavy atom. The maximum absolute atomic E-state index is 9.84. The van der Waals surface area contributed by atoms with Gasteiger partial charge in [0, 0.05) is 38.8 Å². The molecule has 106 valence electrons. The number of halogens is 1. The smallest absolute Gasteiger partial charge is 0.133 e. The molecule has 0 unspecified atom stereocenters. The van der Waals surface area contributed by atoms with Gasteiger partial charge >= 0.3 is 0 Å². The van der Waals surface area contributed by atoms with Crippen molar-refractivity contribution in [3.63, 3.8) is 0 Å². The summed E-state index contributed by atoms with van der Waals surface area (Å²) in [6.07, 6.45) is 0. The molecule has 0 saturated carbocycles. The summed E-state index contributed by atoms with van der Waals surface area (Å²) in [6.45, 7) is 10.1. The molecule has 0 amide bonds. The lowest BCUT2D eigenvalue weighted by atomic mass is 10.1. The van der Waals surface area contributed by atoms with Crippen molar-refractivity contribution >= 4 is 21.7 Å². The van der Waals surface area contributed by atoms with Crippen molar-refractivity contribution in [2.45, 2.75) is 26.4 Å². The largest absolute Gasteiger partial charge is 0.389 e. The van der Waals surface area contributed by atoms with Crippen LogP contribution in [0.3, 0.4) is 0 Å². The quantitative estimate of drug-likeness (QED) is 0.851. The van der Waals surface area contributed by atoms with Crippen LogP contribution < -0.4 is 4.90 Å². The zero-order chi connectivity index (χ0) is 14.0. The average molecular weight is 329 g/mol. The molecule has 0 bridgehead atoms. The molecule has 2 rings (SSSR count). The van der Waals surface area contributed by atoms with E-state index in [0.29, 0.717) is 6.54 Å². The third kappa shape index (κ3) is 4.40. The lowest BCUT2D eigenvalue weighted by Crippen LogP contribution is -2.50. The predicted octanol–water partition coefficient (Wildman–Crippen LogP) is 1.44. The Bertz CT molecular complexity index is 419. The molecule has 2 heterocycles. The minimum Gasteiger partial charge on any atom is -0.389 e. The Hall–Kier alpha value is -0.720. The van der Waals surface area contributed by atoms with E-state index in [1.165, 1.54) is 0 Å². The van der Waals surface area contributed by atoms with Crippen LogP contribution in [0.2, 0.25) is 0 Å². The highest BCUT2D eigenvalue weighted by Crippen LogP contribution is 2.18. The van der Waals surface area contributed by atoms with E-state index in [0.717, 1.165) is 42.4 Å². The lowest BCUT2D eigenvalue weighted by Gasteiger charge is -2.37. The molecule has 0 atom stereocenters. The fraction of sp³-hybridized carbons (Fsp3) is 0.692. The summed E-state index contributed by atoms with van der Waals surface area (Å²) in [7, 11) is 0. The zero-order valence-corrected chi connectivity index (χ0v) is 13.3. The van der Waals surface area contributed by atoms with E-state index in [1.807, 2.05) is 26.8 Å². The third-order valence-corrected chi connectivity index (χ3v) is 3.51. The minimum atomic E-state index is -0.628. The summed E-state index contributed by atoms with van der Waals surface area (Å²) in [5.41, 5.74) is -0.628. The van der Waals surface area contributed by atoms with E-state index >= 15 is 0 Å². The number of hydrogen-bond acceptors (Lipinski definition) is 5. The SMILES string of the molecule is Cc1nc(Br)cc(N2CCN(CC(C)(C)O)CC2)n1. The average Bonchev–Trinajstić information content (AvgIpc) is 2.26. The van der Waals surface area contributed by atoms with Gasteiger partial charge in [0.1, 0.15) is 16.2 Å². The van der Waals surface area contributed by atoms with Crippen LogP contribution in [0.15, 0.2) is 10.7 Å². The molecule has 1 saturated heterocycles. The summed E-state index contributed by atoms with van der Waals surface area (Å²) in [5, 5.41) is 9.84. The fourth-order valence-electron chi connectivity index (χ4n) is 2.36. The van der Waals surface area contributed by atoms with Gasteiger partial charge in [-0.25, -0.2) is 9.97 Å². The second-order valence-electron chi connectivity index (χ2n) is 5.67. The number of anilines is 1. The molecule has 0 radical (unpaired) electrons. The number of piperazine rings is 1. The molecule has 6 heteroatoms. The number of aromatic nitrogens is 2. The van der Waals surface area contributed by atoms with Gasteiger partial charge in [0.15, 0.2) is 0 Å². The summed E-state index contributed by atoms with van der Waals surface area (Å²) >= 11 is 3.41. The standard InChI is InChI=1S/C13H21BrN4O/c1-10-15-11(14)8-12(16-10)18-6-4-17(5-7-18)9-13(2,3)19/h8,19H,4-7,9H2,1-3H3. The molecule has 0 aromatic carbocycles. The van der Waals surface area contributed by atoms with Crippen molar-refractivity contribution in [2.75, 3.05) is 37.6 Å². The third-order valence-electron chi connectivity index (χ3n) is 3.10. The number of nitrogens with zero attached hydrogens (tertiary/aromatic N) is 4. The Labute approximate surface area is 122 Å². The molecule has 0 aliphatic carbocycles. The van der Waals surface area contributed by atoms with Gasteiger partial charge in [-0.1, -0.05) is 0 Å². The maximum atomic E-state index is 9.84. The lowest BCUT2D eigenvalue weighted by molar-refractivity contribution is 0.0344. The second kappa shape index (κ2) is 5.73. The van der Waals surface area contributed by atoms with Crippen LogP contribution in [0.4, 0.5) is 5.82 Å². The van der Waals surface area contributed by atoms with Crippen LogP contribution >= 0.6 is 15.9 Å². The van der Waals surface area contributed by atoms with Crippen LogP contribution in [-0.2, 0) is 0 Å². The molecule has 0 spiro atoms. The molecule has 1 aliphatic heterocycles. The first-order valence-electron chi connectivity index (χ1n) is 6.54. The van der Waals surface area contributed by atoms with Crippen LogP contribution in [0.1, 0.15) is 19.7 Å². The number of aliphatic hydroxyl groups is 1. The van der Waals surface area contributed by atoms with Crippen molar-refractivity contribution in [1.29, 1.82) is 0 Å². The number of rotatable bonds is 3. The monoisotopic (exact) mass is 328 g/mol. The molecule has 5 nitrogen and oxygen atoms in total. The second-order valence-corrected chi connectivity index (χ2v) is 6.48. The Balaban J connectivity index is 1.96. The molecule has 1 aromatic heterocycles. The van der Waals surface area contributed by atoms with Crippen molar-refractivity contribution in [3.8, 4) is 0 Å². The maximum Gasteiger partial charge on any atom is 0.133 e. The Kier molecular flexibility index (Phi) is 4.43. The van der Waals surface area contributed by atoms with E-state index in [1.54, 1.807) is 0 Å². The van der Waals surface area contributed by atoms with Crippen molar-refractivity contribution < 1.29 is 5.11 Å². The van der Waals surface area contributed by atoms with Crippen molar-refractivity contribution in [3.05, 3.63) is 16.5 Å². The Morgan fingerprint density at radius 3 is 2.42 bits per heavy atom.